The average molecular weight is 362 g/mol. The molecule has 4 heteroatoms. The minimum Gasteiger partial charge on any atom is -0.365 e. The fourth-order valence-corrected chi connectivity index (χ4v) is 5.15. The van der Waals surface area contributed by atoms with Crippen molar-refractivity contribution >= 4 is 5.91 Å². The van der Waals surface area contributed by atoms with Gasteiger partial charge >= 0.3 is 0 Å². The van der Waals surface area contributed by atoms with Crippen LogP contribution in [0.1, 0.15) is 66.7 Å². The Morgan fingerprint density at radius 2 is 2.23 bits per heavy atom. The van der Waals surface area contributed by atoms with Crippen LogP contribution in [0.4, 0.5) is 0 Å². The molecule has 2 heterocycles. The molecule has 6 atom stereocenters. The summed E-state index contributed by atoms with van der Waals surface area (Å²) in [6.45, 7) is 10.6. The summed E-state index contributed by atoms with van der Waals surface area (Å²) in [5, 5.41) is 14.6. The van der Waals surface area contributed by atoms with Gasteiger partial charge in [0.25, 0.3) is 0 Å². The Kier molecular flexibility index (Phi) is 5.64. The highest BCUT2D eigenvalue weighted by Crippen LogP contribution is 2.49. The van der Waals surface area contributed by atoms with E-state index >= 15 is 0 Å². The molecule has 2 N–H and O–H groups in total. The number of hydrogen-bond donors (Lipinski definition) is 2. The van der Waals surface area contributed by atoms with Crippen LogP contribution in [-0.4, -0.2) is 28.9 Å². The van der Waals surface area contributed by atoms with Crippen LogP contribution in [-0.2, 0) is 9.53 Å². The molecular weight excluding hydrogens is 326 g/mol. The fourth-order valence-electron chi connectivity index (χ4n) is 5.15. The van der Waals surface area contributed by atoms with Gasteiger partial charge in [-0.05, 0) is 69.8 Å². The van der Waals surface area contributed by atoms with Gasteiger partial charge in [-0.1, -0.05) is 31.6 Å². The lowest BCUT2D eigenvalue weighted by atomic mass is 9.68. The Morgan fingerprint density at radius 1 is 1.50 bits per heavy atom. The van der Waals surface area contributed by atoms with Gasteiger partial charge in [0.05, 0.1) is 12.0 Å². The number of allylic oxidation sites excluding steroid dienone is 3. The molecule has 3 aliphatic rings. The molecule has 4 nitrogen and oxygen atoms in total. The van der Waals surface area contributed by atoms with Crippen LogP contribution in [0.5, 0.6) is 0 Å². The highest BCUT2D eigenvalue weighted by Gasteiger charge is 2.55. The van der Waals surface area contributed by atoms with Gasteiger partial charge < -0.3 is 15.2 Å². The molecular formula is C22H35NO3. The topological polar surface area (TPSA) is 58.6 Å². The quantitative estimate of drug-likeness (QED) is 0.745. The Balaban J connectivity index is 1.84. The van der Waals surface area contributed by atoms with Gasteiger partial charge in [0.2, 0.25) is 5.91 Å². The standard InChI is InChI=1S/C22H35NO3/c1-6-15(5)20-18-10-14(4)7-8-16(18)12-22(25,26-20)19-11-17(9-13(2)3)23-21(19)24/h6-7,13,16-20,25H,8-12H2,1-5H3,(H,23,24)/b15-6-/t16-,17+,18+,19+,20-,22-/m1/s1. The fraction of sp³-hybridized carbons (Fsp3) is 0.773. The number of fused-ring (bicyclic) bond motifs is 1. The van der Waals surface area contributed by atoms with E-state index in [1.54, 1.807) is 0 Å². The van der Waals surface area contributed by atoms with Crippen molar-refractivity contribution in [2.45, 2.75) is 84.7 Å². The van der Waals surface area contributed by atoms with Crippen molar-refractivity contribution in [3.63, 3.8) is 0 Å². The minimum absolute atomic E-state index is 0.0454. The normalized spacial score (nSPS) is 41.0. The summed E-state index contributed by atoms with van der Waals surface area (Å²) in [5.74, 6) is -0.579. The van der Waals surface area contributed by atoms with Crippen molar-refractivity contribution in [1.82, 2.24) is 5.32 Å². The maximum absolute atomic E-state index is 12.7. The summed E-state index contributed by atoms with van der Waals surface area (Å²) in [6.07, 6.45) is 8.43. The van der Waals surface area contributed by atoms with E-state index < -0.39 is 11.7 Å². The summed E-state index contributed by atoms with van der Waals surface area (Å²) in [5.41, 5.74) is 2.56. The molecule has 0 unspecified atom stereocenters. The first-order valence-electron chi connectivity index (χ1n) is 10.2. The number of amides is 1. The Bertz CT molecular complexity index is 609. The van der Waals surface area contributed by atoms with Crippen LogP contribution in [0.3, 0.4) is 0 Å². The van der Waals surface area contributed by atoms with Gasteiger partial charge in [-0.2, -0.15) is 0 Å². The van der Waals surface area contributed by atoms with E-state index in [9.17, 15) is 9.90 Å². The predicted octanol–water partition coefficient (Wildman–Crippen LogP) is 3.95. The number of carbonyl (C=O) groups is 1. The molecule has 3 rings (SSSR count). The molecule has 0 aromatic heterocycles. The molecule has 146 valence electrons. The van der Waals surface area contributed by atoms with Crippen molar-refractivity contribution in [3.8, 4) is 0 Å². The summed E-state index contributed by atoms with van der Waals surface area (Å²) < 4.78 is 6.35. The number of aliphatic hydroxyl groups is 1. The monoisotopic (exact) mass is 361 g/mol. The van der Waals surface area contributed by atoms with Crippen LogP contribution in [0.25, 0.3) is 0 Å². The molecule has 1 aliphatic carbocycles. The van der Waals surface area contributed by atoms with Crippen molar-refractivity contribution < 1.29 is 14.6 Å². The third-order valence-electron chi connectivity index (χ3n) is 6.59. The SMILES string of the molecule is C/C=C(/C)[C@H]1O[C@@](O)([C@H]2C[C@H](CC(C)C)NC2=O)C[C@H]2CC=C(C)C[C@@H]21. The van der Waals surface area contributed by atoms with E-state index in [2.05, 4.69) is 45.2 Å². The highest BCUT2D eigenvalue weighted by molar-refractivity contribution is 5.82. The van der Waals surface area contributed by atoms with Gasteiger partial charge in [0.15, 0.2) is 5.79 Å². The first-order chi connectivity index (χ1) is 12.2. The molecule has 26 heavy (non-hydrogen) atoms. The molecule has 0 saturated carbocycles. The zero-order valence-corrected chi connectivity index (χ0v) is 16.9. The van der Waals surface area contributed by atoms with Crippen LogP contribution in [0.15, 0.2) is 23.3 Å². The Hall–Kier alpha value is -1.13. The first-order valence-corrected chi connectivity index (χ1v) is 10.2. The number of ether oxygens (including phenoxy) is 1. The summed E-state index contributed by atoms with van der Waals surface area (Å²) in [7, 11) is 0. The molecule has 0 bridgehead atoms. The van der Waals surface area contributed by atoms with Crippen LogP contribution in [0, 0.1) is 23.7 Å². The molecule has 0 aromatic carbocycles. The lowest BCUT2D eigenvalue weighted by Gasteiger charge is -2.50. The smallest absolute Gasteiger partial charge is 0.228 e. The van der Waals surface area contributed by atoms with Crippen LogP contribution >= 0.6 is 0 Å². The van der Waals surface area contributed by atoms with E-state index in [1.165, 1.54) is 5.57 Å². The minimum atomic E-state index is -1.36. The maximum Gasteiger partial charge on any atom is 0.228 e. The number of nitrogens with one attached hydrogen (secondary N) is 1. The second-order valence-corrected chi connectivity index (χ2v) is 9.16. The summed E-state index contributed by atoms with van der Waals surface area (Å²) in [4.78, 5) is 12.7. The molecule has 0 aromatic rings. The second kappa shape index (κ2) is 7.47. The van der Waals surface area contributed by atoms with Gasteiger partial charge in [-0.25, -0.2) is 0 Å². The maximum atomic E-state index is 12.7. The van der Waals surface area contributed by atoms with Crippen molar-refractivity contribution in [3.05, 3.63) is 23.3 Å². The van der Waals surface area contributed by atoms with E-state index in [4.69, 9.17) is 4.74 Å². The molecule has 1 amide bonds. The number of carbonyl (C=O) groups excluding carboxylic acids is 1. The van der Waals surface area contributed by atoms with Crippen molar-refractivity contribution in [2.75, 3.05) is 0 Å². The summed E-state index contributed by atoms with van der Waals surface area (Å²) in [6, 6.07) is 0.146. The zero-order valence-electron chi connectivity index (χ0n) is 16.9. The molecule has 2 fully saturated rings. The van der Waals surface area contributed by atoms with Crippen molar-refractivity contribution in [2.24, 2.45) is 23.7 Å². The molecule has 0 radical (unpaired) electrons. The Labute approximate surface area is 158 Å². The van der Waals surface area contributed by atoms with Gasteiger partial charge in [-0.3, -0.25) is 4.79 Å². The number of hydrogen-bond acceptors (Lipinski definition) is 3. The number of rotatable bonds is 4. The van der Waals surface area contributed by atoms with Crippen LogP contribution in [0.2, 0.25) is 0 Å². The third kappa shape index (κ3) is 3.77. The molecule has 2 saturated heterocycles. The van der Waals surface area contributed by atoms with E-state index in [0.29, 0.717) is 30.6 Å². The zero-order chi connectivity index (χ0) is 19.1. The lowest BCUT2D eigenvalue weighted by Crippen LogP contribution is -2.55. The Morgan fingerprint density at radius 3 is 2.88 bits per heavy atom. The first kappa shape index (κ1) is 19.6. The third-order valence-corrected chi connectivity index (χ3v) is 6.59. The van der Waals surface area contributed by atoms with Crippen LogP contribution < -0.4 is 5.32 Å². The average Bonchev–Trinajstić information content (AvgIpc) is 2.94. The largest absolute Gasteiger partial charge is 0.365 e. The summed E-state index contributed by atoms with van der Waals surface area (Å²) >= 11 is 0. The lowest BCUT2D eigenvalue weighted by molar-refractivity contribution is -0.293. The van der Waals surface area contributed by atoms with E-state index in [-0.39, 0.29) is 18.1 Å². The van der Waals surface area contributed by atoms with E-state index in [0.717, 1.165) is 24.8 Å². The van der Waals surface area contributed by atoms with Crippen molar-refractivity contribution in [1.29, 1.82) is 0 Å². The van der Waals surface area contributed by atoms with Gasteiger partial charge in [0.1, 0.15) is 0 Å². The second-order valence-electron chi connectivity index (χ2n) is 9.16. The van der Waals surface area contributed by atoms with E-state index in [1.807, 2.05) is 6.92 Å². The van der Waals surface area contributed by atoms with Gasteiger partial charge in [-0.15, -0.1) is 0 Å². The molecule has 0 spiro atoms. The predicted molar refractivity (Wildman–Crippen MR) is 103 cm³/mol. The highest BCUT2D eigenvalue weighted by atomic mass is 16.6. The van der Waals surface area contributed by atoms with Gasteiger partial charge in [0, 0.05) is 12.5 Å². The molecule has 2 aliphatic heterocycles.